The molecule has 0 unspecified atom stereocenters. The van der Waals surface area contributed by atoms with Crippen LogP contribution in [-0.2, 0) is 0 Å². The van der Waals surface area contributed by atoms with E-state index >= 15 is 0 Å². The molecule has 0 bridgehead atoms. The van der Waals surface area contributed by atoms with Gasteiger partial charge in [-0.3, -0.25) is 0 Å². The van der Waals surface area contributed by atoms with Gasteiger partial charge in [0.25, 0.3) is 0 Å². The van der Waals surface area contributed by atoms with Gasteiger partial charge in [-0.05, 0) is 13.1 Å². The fourth-order valence-corrected chi connectivity index (χ4v) is 7.45. The van der Waals surface area contributed by atoms with Gasteiger partial charge in [-0.25, -0.2) is 0 Å². The van der Waals surface area contributed by atoms with Crippen molar-refractivity contribution in [3.8, 4) is 0 Å². The van der Waals surface area contributed by atoms with Crippen LogP contribution < -0.4 is 0 Å². The maximum atomic E-state index is 2.64. The summed E-state index contributed by atoms with van der Waals surface area (Å²) in [5, 5.41) is 0. The van der Waals surface area contributed by atoms with E-state index in [1.54, 1.807) is 0 Å². The quantitative estimate of drug-likeness (QED) is 0.597. The molecule has 0 N–H and O–H groups in total. The molecule has 0 aliphatic heterocycles. The van der Waals surface area contributed by atoms with Crippen LogP contribution in [0.4, 0.5) is 0 Å². The van der Waals surface area contributed by atoms with E-state index in [-0.39, 0.29) is 17.8 Å². The second kappa shape index (κ2) is 5.97. The van der Waals surface area contributed by atoms with Crippen molar-refractivity contribution in [2.24, 2.45) is 0 Å². The molecule has 2 radical (unpaired) electrons. The Morgan fingerprint density at radius 2 is 1.45 bits per heavy atom. The Balaban J connectivity index is 3.68. The highest BCUT2D eigenvalue weighted by Gasteiger charge is 2.13. The van der Waals surface area contributed by atoms with Gasteiger partial charge in [0.1, 0.15) is 8.96 Å². The summed E-state index contributed by atoms with van der Waals surface area (Å²) in [7, 11) is -0.145. The topological polar surface area (TPSA) is 3.24 Å². The van der Waals surface area contributed by atoms with Crippen LogP contribution in [0.5, 0.6) is 0 Å². The highest BCUT2D eigenvalue weighted by molar-refractivity contribution is 6.74. The van der Waals surface area contributed by atoms with Gasteiger partial charge in [0.2, 0.25) is 0 Å². The van der Waals surface area contributed by atoms with Crippen molar-refractivity contribution in [3.63, 3.8) is 0 Å². The lowest BCUT2D eigenvalue weighted by Crippen LogP contribution is -2.38. The second-order valence-corrected chi connectivity index (χ2v) is 9.22. The first kappa shape index (κ1) is 11.4. The summed E-state index contributed by atoms with van der Waals surface area (Å²) >= 11 is 0. The van der Waals surface area contributed by atoms with E-state index in [0.29, 0.717) is 0 Å². The largest absolute Gasteiger partial charge is 0.325 e. The summed E-state index contributed by atoms with van der Waals surface area (Å²) in [6.45, 7) is 14.3. The SMILES string of the molecule is CCN(CC)[Si](C)C[Si](C)C. The molecule has 0 saturated heterocycles. The van der Waals surface area contributed by atoms with Crippen molar-refractivity contribution >= 4 is 17.8 Å². The van der Waals surface area contributed by atoms with Crippen LogP contribution in [0.2, 0.25) is 25.3 Å². The maximum Gasteiger partial charge on any atom is 0.129 e. The van der Waals surface area contributed by atoms with Crippen LogP contribution in [0, 0.1) is 0 Å². The highest BCUT2D eigenvalue weighted by atomic mass is 28.3. The third-order valence-electron chi connectivity index (χ3n) is 1.91. The number of hydrogen-bond acceptors (Lipinski definition) is 1. The van der Waals surface area contributed by atoms with Gasteiger partial charge < -0.3 is 4.57 Å². The standard InChI is InChI=1S/C8H21NSi2/c1-6-9(7-2)11(5)8-10(3)4/h6-8H2,1-5H3. The molecule has 0 spiro atoms. The smallest absolute Gasteiger partial charge is 0.129 e. The predicted molar refractivity (Wildman–Crippen MR) is 56.8 cm³/mol. The molecular formula is C8H21NSi2. The third-order valence-corrected chi connectivity index (χ3v) is 8.50. The maximum absolute atomic E-state index is 2.64. The first-order valence-corrected chi connectivity index (χ1v) is 9.34. The monoisotopic (exact) mass is 187 g/mol. The van der Waals surface area contributed by atoms with Gasteiger partial charge in [-0.1, -0.05) is 39.2 Å². The van der Waals surface area contributed by atoms with Crippen molar-refractivity contribution in [1.29, 1.82) is 0 Å². The van der Waals surface area contributed by atoms with E-state index < -0.39 is 0 Å². The lowest BCUT2D eigenvalue weighted by molar-refractivity contribution is 0.483. The second-order valence-electron chi connectivity index (χ2n) is 3.29. The van der Waals surface area contributed by atoms with Crippen LogP contribution in [0.3, 0.4) is 0 Å². The summed E-state index contributed by atoms with van der Waals surface area (Å²) in [5.74, 6) is 0. The molecule has 1 nitrogen and oxygen atoms in total. The summed E-state index contributed by atoms with van der Waals surface area (Å²) in [6, 6.07) is 0. The molecule has 0 heterocycles. The molecule has 0 rings (SSSR count). The van der Waals surface area contributed by atoms with Gasteiger partial charge in [0, 0.05) is 8.80 Å². The van der Waals surface area contributed by atoms with Gasteiger partial charge in [0.05, 0.1) is 0 Å². The fourth-order valence-electron chi connectivity index (χ4n) is 1.39. The highest BCUT2D eigenvalue weighted by Crippen LogP contribution is 2.02. The lowest BCUT2D eigenvalue weighted by Gasteiger charge is -2.25. The molecule has 11 heavy (non-hydrogen) atoms. The molecule has 3 heteroatoms. The molecule has 66 valence electrons. The van der Waals surface area contributed by atoms with E-state index in [4.69, 9.17) is 0 Å². The average molecular weight is 187 g/mol. The summed E-state index contributed by atoms with van der Waals surface area (Å²) in [5.41, 5.74) is 1.52. The lowest BCUT2D eigenvalue weighted by atomic mass is 10.7. The van der Waals surface area contributed by atoms with Crippen LogP contribution >= 0.6 is 0 Å². The summed E-state index contributed by atoms with van der Waals surface area (Å²) in [6.07, 6.45) is 0. The summed E-state index contributed by atoms with van der Waals surface area (Å²) < 4.78 is 2.64. The van der Waals surface area contributed by atoms with Gasteiger partial charge in [-0.15, -0.1) is 0 Å². The molecule has 0 aliphatic rings. The Labute approximate surface area is 75.1 Å². The Morgan fingerprint density at radius 3 is 1.73 bits per heavy atom. The number of nitrogens with zero attached hydrogens (tertiary/aromatic N) is 1. The summed E-state index contributed by atoms with van der Waals surface area (Å²) in [4.78, 5) is 0. The van der Waals surface area contributed by atoms with Crippen molar-refractivity contribution in [1.82, 2.24) is 4.57 Å². The third kappa shape index (κ3) is 4.77. The molecule has 0 aliphatic carbocycles. The number of hydrogen-bond donors (Lipinski definition) is 0. The van der Waals surface area contributed by atoms with Crippen LogP contribution in [-0.4, -0.2) is 35.4 Å². The molecule has 0 atom stereocenters. The van der Waals surface area contributed by atoms with E-state index in [1.165, 1.54) is 18.8 Å². The Bertz CT molecular complexity index is 92.1. The van der Waals surface area contributed by atoms with Gasteiger partial charge in [0.15, 0.2) is 0 Å². The molecule has 0 aromatic rings. The molecule has 0 amide bonds. The van der Waals surface area contributed by atoms with Crippen molar-refractivity contribution in [2.75, 3.05) is 13.1 Å². The normalized spacial score (nSPS) is 12.0. The van der Waals surface area contributed by atoms with Gasteiger partial charge >= 0.3 is 0 Å². The van der Waals surface area contributed by atoms with Crippen molar-refractivity contribution < 1.29 is 0 Å². The van der Waals surface area contributed by atoms with Crippen molar-refractivity contribution in [3.05, 3.63) is 0 Å². The van der Waals surface area contributed by atoms with E-state index in [0.717, 1.165) is 0 Å². The zero-order chi connectivity index (χ0) is 8.85. The molecule has 0 fully saturated rings. The van der Waals surface area contributed by atoms with Gasteiger partial charge in [-0.2, -0.15) is 0 Å². The Hall–Kier alpha value is 0.394. The van der Waals surface area contributed by atoms with Crippen LogP contribution in [0.1, 0.15) is 13.8 Å². The van der Waals surface area contributed by atoms with Crippen LogP contribution in [0.25, 0.3) is 0 Å². The Kier molecular flexibility index (Phi) is 6.18. The first-order chi connectivity index (χ1) is 5.11. The Morgan fingerprint density at radius 1 is 1.00 bits per heavy atom. The van der Waals surface area contributed by atoms with E-state index in [2.05, 4.69) is 38.1 Å². The molecule has 0 saturated carbocycles. The minimum Gasteiger partial charge on any atom is -0.325 e. The van der Waals surface area contributed by atoms with E-state index in [9.17, 15) is 0 Å². The first-order valence-electron chi connectivity index (χ1n) is 4.48. The fraction of sp³-hybridized carbons (Fsp3) is 1.00. The molecule has 0 aromatic heterocycles. The zero-order valence-corrected chi connectivity index (χ0v) is 10.6. The number of rotatable bonds is 5. The molecule has 0 aromatic carbocycles. The average Bonchev–Trinajstić information content (AvgIpc) is 1.88. The molecular weight excluding hydrogens is 166 g/mol. The van der Waals surface area contributed by atoms with E-state index in [1.807, 2.05) is 0 Å². The zero-order valence-electron chi connectivity index (χ0n) is 8.57. The minimum atomic E-state index is -0.151. The van der Waals surface area contributed by atoms with Crippen LogP contribution in [0.15, 0.2) is 0 Å². The minimum absolute atomic E-state index is 0.00551. The predicted octanol–water partition coefficient (Wildman–Crippen LogP) is 2.24. The van der Waals surface area contributed by atoms with Crippen molar-refractivity contribution in [2.45, 2.75) is 39.2 Å².